The van der Waals surface area contributed by atoms with Gasteiger partial charge in [-0.15, -0.1) is 0 Å². The Morgan fingerprint density at radius 3 is 2.60 bits per heavy atom. The normalized spacial score (nSPS) is 17.4. The number of nitrogens with two attached hydrogens (primary N) is 1. The molecule has 1 atom stereocenters. The lowest BCUT2D eigenvalue weighted by atomic mass is 10.0. The van der Waals surface area contributed by atoms with Gasteiger partial charge in [-0.3, -0.25) is 14.4 Å². The summed E-state index contributed by atoms with van der Waals surface area (Å²) in [6.07, 6.45) is 3.12. The van der Waals surface area contributed by atoms with Gasteiger partial charge >= 0.3 is 0 Å². The molecule has 4 N–H and O–H groups in total. The molecule has 2 heterocycles. The van der Waals surface area contributed by atoms with Crippen molar-refractivity contribution < 1.29 is 14.4 Å². The second kappa shape index (κ2) is 8.29. The predicted molar refractivity (Wildman–Crippen MR) is 95.6 cm³/mol. The summed E-state index contributed by atoms with van der Waals surface area (Å²) in [6.45, 7) is 6.52. The molecule has 2 amide bonds. The zero-order chi connectivity index (χ0) is 18.6. The van der Waals surface area contributed by atoms with Crippen LogP contribution in [0.2, 0.25) is 0 Å². The molecule has 1 aromatic rings. The largest absolute Gasteiger partial charge is 0.354 e. The quantitative estimate of drug-likeness (QED) is 0.673. The smallest absolute Gasteiger partial charge is 0.270 e. The van der Waals surface area contributed by atoms with Crippen LogP contribution in [-0.2, 0) is 4.79 Å². The minimum atomic E-state index is -0.106. The van der Waals surface area contributed by atoms with Crippen molar-refractivity contribution in [2.45, 2.75) is 52.5 Å². The van der Waals surface area contributed by atoms with E-state index in [1.165, 1.54) is 6.92 Å². The molecule has 0 aliphatic carbocycles. The number of likely N-dealkylation sites (tertiary alicyclic amines) is 1. The topological polar surface area (TPSA) is 108 Å². The number of carbonyl (C=O) groups excluding carboxylic acids is 3. The average molecular weight is 348 g/mol. The van der Waals surface area contributed by atoms with Crippen molar-refractivity contribution in [3.05, 3.63) is 22.5 Å². The molecule has 0 saturated carbocycles. The van der Waals surface area contributed by atoms with Crippen LogP contribution in [-0.4, -0.2) is 53.2 Å². The Hall–Kier alpha value is -2.15. The lowest BCUT2D eigenvalue weighted by Gasteiger charge is -2.35. The predicted octanol–water partition coefficient (Wildman–Crippen LogP) is 1.29. The number of Topliss-reactive ketones (excluding diaryl/α,β-unsaturated/α-hetero) is 1. The molecule has 1 unspecified atom stereocenters. The molecule has 0 bridgehead atoms. The maximum atomic E-state index is 13.0. The molecular formula is C18H28N4O3. The van der Waals surface area contributed by atoms with E-state index in [-0.39, 0.29) is 30.1 Å². The third kappa shape index (κ3) is 4.28. The number of H-pyrrole nitrogens is 1. The van der Waals surface area contributed by atoms with Crippen molar-refractivity contribution in [2.24, 2.45) is 5.73 Å². The van der Waals surface area contributed by atoms with Gasteiger partial charge in [-0.05, 0) is 45.6 Å². The third-order valence-electron chi connectivity index (χ3n) is 4.80. The van der Waals surface area contributed by atoms with Crippen LogP contribution in [0.15, 0.2) is 0 Å². The number of aromatic amines is 1. The molecule has 1 aromatic heterocycles. The number of aryl methyl sites for hydroxylation is 1. The minimum Gasteiger partial charge on any atom is -0.354 e. The van der Waals surface area contributed by atoms with Crippen LogP contribution in [0, 0.1) is 13.8 Å². The van der Waals surface area contributed by atoms with E-state index in [0.717, 1.165) is 25.0 Å². The molecule has 7 heteroatoms. The molecule has 1 fully saturated rings. The fourth-order valence-electron chi connectivity index (χ4n) is 3.57. The van der Waals surface area contributed by atoms with Crippen LogP contribution in [0.25, 0.3) is 0 Å². The zero-order valence-electron chi connectivity index (χ0n) is 15.3. The first-order chi connectivity index (χ1) is 11.9. The van der Waals surface area contributed by atoms with E-state index >= 15 is 0 Å². The molecule has 0 radical (unpaired) electrons. The van der Waals surface area contributed by atoms with Gasteiger partial charge in [0.2, 0.25) is 5.91 Å². The Bertz CT molecular complexity index is 666. The highest BCUT2D eigenvalue weighted by atomic mass is 16.2. The fraction of sp³-hybridized carbons (Fsp3) is 0.611. The van der Waals surface area contributed by atoms with Gasteiger partial charge in [0.15, 0.2) is 5.78 Å². The van der Waals surface area contributed by atoms with E-state index in [0.29, 0.717) is 36.5 Å². The second-order valence-electron chi connectivity index (χ2n) is 6.67. The number of hydrogen-bond donors (Lipinski definition) is 3. The first kappa shape index (κ1) is 19.2. The van der Waals surface area contributed by atoms with Gasteiger partial charge in [0.05, 0.1) is 0 Å². The Labute approximate surface area is 148 Å². The number of hydrogen-bond acceptors (Lipinski definition) is 4. The molecule has 1 aliphatic rings. The second-order valence-corrected chi connectivity index (χ2v) is 6.67. The number of amides is 2. The summed E-state index contributed by atoms with van der Waals surface area (Å²) in [6, 6.07) is -0.0354. The van der Waals surface area contributed by atoms with Gasteiger partial charge < -0.3 is 20.9 Å². The Morgan fingerprint density at radius 2 is 2.00 bits per heavy atom. The number of carbonyl (C=O) groups is 3. The summed E-state index contributed by atoms with van der Waals surface area (Å²) in [5.41, 5.74) is 7.88. The lowest BCUT2D eigenvalue weighted by molar-refractivity contribution is -0.121. The van der Waals surface area contributed by atoms with Crippen LogP contribution in [0.5, 0.6) is 0 Å². The Balaban J connectivity index is 2.16. The summed E-state index contributed by atoms with van der Waals surface area (Å²) in [7, 11) is 0. The molecule has 1 saturated heterocycles. The first-order valence-corrected chi connectivity index (χ1v) is 8.84. The van der Waals surface area contributed by atoms with Crippen molar-refractivity contribution in [1.29, 1.82) is 0 Å². The van der Waals surface area contributed by atoms with Gasteiger partial charge in [0, 0.05) is 43.4 Å². The van der Waals surface area contributed by atoms with Crippen LogP contribution in [0.4, 0.5) is 0 Å². The molecular weight excluding hydrogens is 320 g/mol. The zero-order valence-corrected chi connectivity index (χ0v) is 15.3. The van der Waals surface area contributed by atoms with Crippen LogP contribution in [0.3, 0.4) is 0 Å². The summed E-state index contributed by atoms with van der Waals surface area (Å²) in [5, 5.41) is 2.86. The summed E-state index contributed by atoms with van der Waals surface area (Å²) in [5.74, 6) is -0.244. The molecule has 25 heavy (non-hydrogen) atoms. The lowest BCUT2D eigenvalue weighted by Crippen LogP contribution is -2.49. The molecule has 2 rings (SSSR count). The van der Waals surface area contributed by atoms with Crippen molar-refractivity contribution in [3.63, 3.8) is 0 Å². The van der Waals surface area contributed by atoms with Crippen LogP contribution in [0.1, 0.15) is 64.7 Å². The van der Waals surface area contributed by atoms with Gasteiger partial charge in [-0.1, -0.05) is 0 Å². The van der Waals surface area contributed by atoms with E-state index in [1.54, 1.807) is 13.8 Å². The highest BCUT2D eigenvalue weighted by molar-refractivity contribution is 6.02. The highest BCUT2D eigenvalue weighted by Crippen LogP contribution is 2.24. The number of aromatic nitrogens is 1. The molecule has 138 valence electrons. The number of nitrogens with zero attached hydrogens (tertiary/aromatic N) is 1. The number of nitrogens with one attached hydrogen (secondary N) is 2. The summed E-state index contributed by atoms with van der Waals surface area (Å²) in [4.78, 5) is 41.4. The SMILES string of the molecule is CC(=O)c1c(C)[nH]c(C(=O)N2CCCCC2CNC(=O)CCN)c1C. The van der Waals surface area contributed by atoms with Crippen LogP contribution < -0.4 is 11.1 Å². The molecule has 0 spiro atoms. The summed E-state index contributed by atoms with van der Waals surface area (Å²) >= 11 is 0. The van der Waals surface area contributed by atoms with Crippen LogP contribution >= 0.6 is 0 Å². The van der Waals surface area contributed by atoms with E-state index in [2.05, 4.69) is 10.3 Å². The van der Waals surface area contributed by atoms with Crippen molar-refractivity contribution in [3.8, 4) is 0 Å². The first-order valence-electron chi connectivity index (χ1n) is 8.84. The fourth-order valence-corrected chi connectivity index (χ4v) is 3.57. The minimum absolute atomic E-state index is 0.0354. The van der Waals surface area contributed by atoms with Crippen molar-refractivity contribution in [2.75, 3.05) is 19.6 Å². The van der Waals surface area contributed by atoms with E-state index in [1.807, 2.05) is 4.90 Å². The van der Waals surface area contributed by atoms with E-state index in [4.69, 9.17) is 5.73 Å². The van der Waals surface area contributed by atoms with Crippen molar-refractivity contribution in [1.82, 2.24) is 15.2 Å². The molecule has 0 aromatic carbocycles. The Morgan fingerprint density at radius 1 is 1.28 bits per heavy atom. The highest BCUT2D eigenvalue weighted by Gasteiger charge is 2.30. The number of piperidine rings is 1. The third-order valence-corrected chi connectivity index (χ3v) is 4.80. The standard InChI is InChI=1S/C18H28N4O3/c1-11-16(13(3)23)12(2)21-17(11)18(25)22-9-5-4-6-14(22)10-20-15(24)7-8-19/h14,21H,4-10,19H2,1-3H3,(H,20,24). The average Bonchev–Trinajstić information content (AvgIpc) is 2.87. The maximum absolute atomic E-state index is 13.0. The monoisotopic (exact) mass is 348 g/mol. The molecule has 1 aliphatic heterocycles. The van der Waals surface area contributed by atoms with Gasteiger partial charge in [0.25, 0.3) is 5.91 Å². The van der Waals surface area contributed by atoms with Gasteiger partial charge in [0.1, 0.15) is 5.69 Å². The molecule has 7 nitrogen and oxygen atoms in total. The number of rotatable bonds is 6. The number of ketones is 1. The van der Waals surface area contributed by atoms with Crippen molar-refractivity contribution >= 4 is 17.6 Å². The van der Waals surface area contributed by atoms with Gasteiger partial charge in [-0.25, -0.2) is 0 Å². The van der Waals surface area contributed by atoms with E-state index in [9.17, 15) is 14.4 Å². The van der Waals surface area contributed by atoms with E-state index < -0.39 is 0 Å². The summed E-state index contributed by atoms with van der Waals surface area (Å²) < 4.78 is 0. The Kier molecular flexibility index (Phi) is 6.36. The van der Waals surface area contributed by atoms with Gasteiger partial charge in [-0.2, -0.15) is 0 Å². The maximum Gasteiger partial charge on any atom is 0.270 e.